The molecule has 0 aliphatic heterocycles. The number of aromatic nitrogens is 2. The molecule has 1 heterocycles. The molecule has 0 saturated heterocycles. The molecule has 1 N–H and O–H groups in total. The second-order valence-electron chi connectivity index (χ2n) is 5.39. The number of aryl methyl sites for hydroxylation is 1. The van der Waals surface area contributed by atoms with Crippen LogP contribution in [0.5, 0.6) is 11.5 Å². The lowest BCUT2D eigenvalue weighted by atomic mass is 10.1. The second-order valence-corrected chi connectivity index (χ2v) is 5.80. The third-order valence-corrected chi connectivity index (χ3v) is 3.86. The van der Waals surface area contributed by atoms with E-state index in [0.29, 0.717) is 23.2 Å². The molecule has 2 aromatic carbocycles. The highest BCUT2D eigenvalue weighted by molar-refractivity contribution is 6.50. The minimum Gasteiger partial charge on any atom is -0.504 e. The number of hydrogen-bond acceptors (Lipinski definition) is 5. The van der Waals surface area contributed by atoms with Crippen LogP contribution in [-0.2, 0) is 0 Å². The first-order valence-electron chi connectivity index (χ1n) is 7.81. The Labute approximate surface area is 150 Å². The Hall–Kier alpha value is -2.79. The minimum absolute atomic E-state index is 0.0785. The molecule has 0 saturated carbocycles. The van der Waals surface area contributed by atoms with E-state index < -0.39 is 0 Å². The van der Waals surface area contributed by atoms with Gasteiger partial charge in [-0.15, -0.1) is 0 Å². The van der Waals surface area contributed by atoms with Gasteiger partial charge in [-0.25, -0.2) is 0 Å². The molecule has 25 heavy (non-hydrogen) atoms. The zero-order chi connectivity index (χ0) is 17.8. The van der Waals surface area contributed by atoms with Crippen LogP contribution in [0.4, 0.5) is 0 Å². The van der Waals surface area contributed by atoms with Crippen molar-refractivity contribution < 1.29 is 14.4 Å². The van der Waals surface area contributed by atoms with E-state index in [9.17, 15) is 5.11 Å². The zero-order valence-electron chi connectivity index (χ0n) is 13.9. The largest absolute Gasteiger partial charge is 0.504 e. The normalized spacial score (nSPS) is 11.6. The van der Waals surface area contributed by atoms with E-state index in [-0.39, 0.29) is 11.6 Å². The van der Waals surface area contributed by atoms with Crippen LogP contribution in [0, 0.1) is 6.92 Å². The zero-order valence-corrected chi connectivity index (χ0v) is 14.6. The molecule has 0 aliphatic carbocycles. The van der Waals surface area contributed by atoms with Crippen LogP contribution in [0.15, 0.2) is 47.0 Å². The van der Waals surface area contributed by atoms with E-state index in [4.69, 9.17) is 20.9 Å². The van der Waals surface area contributed by atoms with Crippen molar-refractivity contribution in [2.24, 2.45) is 0 Å². The van der Waals surface area contributed by atoms with Crippen molar-refractivity contribution in [3.63, 3.8) is 0 Å². The molecule has 0 aliphatic rings. The summed E-state index contributed by atoms with van der Waals surface area (Å²) >= 11 is 6.31. The van der Waals surface area contributed by atoms with Gasteiger partial charge in [0, 0.05) is 5.56 Å². The van der Waals surface area contributed by atoms with Gasteiger partial charge in [0.1, 0.15) is 5.03 Å². The Morgan fingerprint density at radius 1 is 1.28 bits per heavy atom. The molecule has 3 aromatic rings. The highest BCUT2D eigenvalue weighted by Gasteiger charge is 2.13. The van der Waals surface area contributed by atoms with E-state index in [1.54, 1.807) is 24.3 Å². The number of phenols is 1. The summed E-state index contributed by atoms with van der Waals surface area (Å²) in [5, 5.41) is 14.1. The summed E-state index contributed by atoms with van der Waals surface area (Å²) in [5.74, 6) is 1.19. The Morgan fingerprint density at radius 3 is 2.84 bits per heavy atom. The maximum atomic E-state index is 9.75. The topological polar surface area (TPSA) is 68.4 Å². The first kappa shape index (κ1) is 17.0. The van der Waals surface area contributed by atoms with Crippen LogP contribution in [0.1, 0.15) is 23.9 Å². The lowest BCUT2D eigenvalue weighted by molar-refractivity contribution is 0.318. The molecule has 0 bridgehead atoms. The van der Waals surface area contributed by atoms with Gasteiger partial charge in [-0.3, -0.25) is 0 Å². The van der Waals surface area contributed by atoms with E-state index in [2.05, 4.69) is 10.1 Å². The van der Waals surface area contributed by atoms with Gasteiger partial charge in [0.2, 0.25) is 5.82 Å². The van der Waals surface area contributed by atoms with Crippen molar-refractivity contribution in [1.82, 2.24) is 10.1 Å². The lowest BCUT2D eigenvalue weighted by Crippen LogP contribution is -1.92. The fraction of sp³-hybridized carbons (Fsp3) is 0.158. The fourth-order valence-corrected chi connectivity index (χ4v) is 2.56. The number of rotatable bonds is 5. The molecule has 6 heteroatoms. The molecule has 0 radical (unpaired) electrons. The summed E-state index contributed by atoms with van der Waals surface area (Å²) < 4.78 is 10.6. The molecular formula is C19H17ClN2O3. The predicted octanol–water partition coefficient (Wildman–Crippen LogP) is 4.89. The number of phenolic OH excluding ortho intramolecular Hbond substituents is 1. The Bertz CT molecular complexity index is 919. The predicted molar refractivity (Wildman–Crippen MR) is 97.5 cm³/mol. The molecule has 0 amide bonds. The van der Waals surface area contributed by atoms with Crippen molar-refractivity contribution in [3.05, 3.63) is 59.5 Å². The number of hydrogen-bond donors (Lipinski definition) is 1. The molecule has 0 fully saturated rings. The van der Waals surface area contributed by atoms with Crippen molar-refractivity contribution in [2.45, 2.75) is 13.8 Å². The van der Waals surface area contributed by atoms with Gasteiger partial charge in [-0.05, 0) is 43.2 Å². The average molecular weight is 357 g/mol. The van der Waals surface area contributed by atoms with Crippen LogP contribution in [0.3, 0.4) is 0 Å². The Kier molecular flexibility index (Phi) is 5.05. The van der Waals surface area contributed by atoms with Crippen LogP contribution < -0.4 is 4.74 Å². The van der Waals surface area contributed by atoms with E-state index >= 15 is 0 Å². The number of ether oxygens (including phenoxy) is 1. The quantitative estimate of drug-likeness (QED) is 0.705. The number of nitrogens with zero attached hydrogens (tertiary/aromatic N) is 2. The molecule has 0 unspecified atom stereocenters. The summed E-state index contributed by atoms with van der Waals surface area (Å²) in [6.07, 6.45) is 1.68. The molecule has 0 atom stereocenters. The Balaban J connectivity index is 1.89. The molecular weight excluding hydrogens is 340 g/mol. The van der Waals surface area contributed by atoms with Gasteiger partial charge in [0.15, 0.2) is 11.5 Å². The summed E-state index contributed by atoms with van der Waals surface area (Å²) in [4.78, 5) is 4.36. The summed E-state index contributed by atoms with van der Waals surface area (Å²) in [6.45, 7) is 4.28. The van der Waals surface area contributed by atoms with Gasteiger partial charge in [-0.2, -0.15) is 4.98 Å². The van der Waals surface area contributed by atoms with Gasteiger partial charge >= 0.3 is 0 Å². The van der Waals surface area contributed by atoms with Crippen molar-refractivity contribution >= 4 is 22.7 Å². The number of aromatic hydroxyl groups is 1. The third-order valence-electron chi connectivity index (χ3n) is 3.59. The molecule has 3 rings (SSSR count). The SMILES string of the molecule is CCOc1cc(/C=C(\Cl)c2nc(-c3ccccc3C)no2)ccc1O. The van der Waals surface area contributed by atoms with E-state index in [1.807, 2.05) is 38.1 Å². The summed E-state index contributed by atoms with van der Waals surface area (Å²) in [7, 11) is 0. The van der Waals surface area contributed by atoms with Crippen LogP contribution in [0.25, 0.3) is 22.5 Å². The van der Waals surface area contributed by atoms with E-state index in [1.165, 1.54) is 0 Å². The Morgan fingerprint density at radius 2 is 2.08 bits per heavy atom. The van der Waals surface area contributed by atoms with E-state index in [0.717, 1.165) is 16.7 Å². The van der Waals surface area contributed by atoms with Crippen LogP contribution >= 0.6 is 11.6 Å². The molecule has 1 aromatic heterocycles. The highest BCUT2D eigenvalue weighted by atomic mass is 35.5. The third kappa shape index (κ3) is 3.83. The number of benzene rings is 2. The molecule has 128 valence electrons. The van der Waals surface area contributed by atoms with Gasteiger partial charge in [0.05, 0.1) is 6.61 Å². The second kappa shape index (κ2) is 7.40. The number of halogens is 1. The van der Waals surface area contributed by atoms with Gasteiger partial charge in [0.25, 0.3) is 5.89 Å². The van der Waals surface area contributed by atoms with Crippen LogP contribution in [0.2, 0.25) is 0 Å². The van der Waals surface area contributed by atoms with Gasteiger partial charge in [-0.1, -0.05) is 47.1 Å². The maximum absolute atomic E-state index is 9.75. The monoisotopic (exact) mass is 356 g/mol. The van der Waals surface area contributed by atoms with Crippen molar-refractivity contribution in [2.75, 3.05) is 6.61 Å². The average Bonchev–Trinajstić information content (AvgIpc) is 3.08. The van der Waals surface area contributed by atoms with Gasteiger partial charge < -0.3 is 14.4 Å². The summed E-state index contributed by atoms with van der Waals surface area (Å²) in [5.41, 5.74) is 2.70. The standard InChI is InChI=1S/C19H17ClN2O3/c1-3-24-17-11-13(8-9-16(17)23)10-15(20)19-21-18(22-25-19)14-7-5-4-6-12(14)2/h4-11,23H,3H2,1-2H3/b15-10-. The van der Waals surface area contributed by atoms with Crippen molar-refractivity contribution in [3.8, 4) is 22.9 Å². The summed E-state index contributed by atoms with van der Waals surface area (Å²) in [6, 6.07) is 12.7. The highest BCUT2D eigenvalue weighted by Crippen LogP contribution is 2.30. The smallest absolute Gasteiger partial charge is 0.269 e. The first-order valence-corrected chi connectivity index (χ1v) is 8.19. The minimum atomic E-state index is 0.0785. The van der Waals surface area contributed by atoms with Crippen LogP contribution in [-0.4, -0.2) is 21.9 Å². The first-order chi connectivity index (χ1) is 12.1. The maximum Gasteiger partial charge on any atom is 0.269 e. The van der Waals surface area contributed by atoms with Crippen molar-refractivity contribution in [1.29, 1.82) is 0 Å². The fourth-order valence-electron chi connectivity index (χ4n) is 2.35. The molecule has 0 spiro atoms. The molecule has 5 nitrogen and oxygen atoms in total. The lowest BCUT2D eigenvalue weighted by Gasteiger charge is -2.06.